The van der Waals surface area contributed by atoms with Gasteiger partial charge in [-0.25, -0.2) is 9.36 Å². The molecule has 3 N–H and O–H groups in total. The van der Waals surface area contributed by atoms with E-state index in [9.17, 15) is 9.36 Å². The molecule has 66 valence electrons. The zero-order valence-corrected chi connectivity index (χ0v) is 6.88. The average Bonchev–Trinajstić information content (AvgIpc) is 1.86. The summed E-state index contributed by atoms with van der Waals surface area (Å²) in [5.74, 6) is 0. The summed E-state index contributed by atoms with van der Waals surface area (Å²) in [5.41, 5.74) is -1.48. The maximum atomic E-state index is 10.3. The summed E-state index contributed by atoms with van der Waals surface area (Å²) in [5, 5.41) is 2.64. The van der Waals surface area contributed by atoms with Crippen molar-refractivity contribution < 1.29 is 23.9 Å². The van der Waals surface area contributed by atoms with Crippen molar-refractivity contribution in [3.05, 3.63) is 0 Å². The molecule has 0 fully saturated rings. The minimum atomic E-state index is -4.69. The van der Waals surface area contributed by atoms with Gasteiger partial charge in [-0.1, -0.05) is 0 Å². The van der Waals surface area contributed by atoms with Gasteiger partial charge in [-0.05, 0) is 7.05 Å². The Balaban J connectivity index is 3.63. The Labute approximate surface area is 63.7 Å². The van der Waals surface area contributed by atoms with Gasteiger partial charge in [0.15, 0.2) is 0 Å². The van der Waals surface area contributed by atoms with Crippen LogP contribution in [0.15, 0.2) is 0 Å². The van der Waals surface area contributed by atoms with Crippen LogP contribution in [0.3, 0.4) is 0 Å². The highest BCUT2D eigenvalue weighted by Crippen LogP contribution is 2.36. The summed E-state index contributed by atoms with van der Waals surface area (Å²) in [6, 6.07) is 0. The quantitative estimate of drug-likeness (QED) is 0.402. The maximum Gasteiger partial charge on any atom is 0.433 e. The molecule has 0 rings (SSSR count). The van der Waals surface area contributed by atoms with Gasteiger partial charge in [0.1, 0.15) is 6.61 Å². The Morgan fingerprint density at radius 2 is 2.18 bits per heavy atom. The summed E-state index contributed by atoms with van der Waals surface area (Å²) < 4.78 is 14.3. The van der Waals surface area contributed by atoms with Gasteiger partial charge in [0.2, 0.25) is 0 Å². The lowest BCUT2D eigenvalue weighted by Gasteiger charge is -2.03. The van der Waals surface area contributed by atoms with E-state index >= 15 is 0 Å². The molecule has 0 aromatic heterocycles. The van der Waals surface area contributed by atoms with Crippen molar-refractivity contribution in [3.63, 3.8) is 0 Å². The number of likely N-dealkylation sites (N-methyl/N-ethyl adjacent to an activating group) is 1. The third-order valence-corrected chi connectivity index (χ3v) is 1.42. The molecule has 0 heterocycles. The molecule has 6 nitrogen and oxygen atoms in total. The molecule has 0 radical (unpaired) electrons. The van der Waals surface area contributed by atoms with E-state index in [-0.39, 0.29) is 6.61 Å². The highest BCUT2D eigenvalue weighted by atomic mass is 31.2. The molecule has 0 unspecified atom stereocenters. The van der Waals surface area contributed by atoms with E-state index in [2.05, 4.69) is 10.1 Å². The van der Waals surface area contributed by atoms with E-state index in [1.165, 1.54) is 0 Å². The van der Waals surface area contributed by atoms with Gasteiger partial charge in [0.05, 0.1) is 0 Å². The van der Waals surface area contributed by atoms with Gasteiger partial charge in [-0.2, -0.15) is 0 Å². The van der Waals surface area contributed by atoms with Crippen molar-refractivity contribution >= 4 is 13.3 Å². The molecule has 11 heavy (non-hydrogen) atoms. The zero-order chi connectivity index (χ0) is 8.91. The molecule has 0 aliphatic heterocycles. The lowest BCUT2D eigenvalue weighted by Crippen LogP contribution is -2.16. The smallest absolute Gasteiger partial charge is 0.433 e. The summed E-state index contributed by atoms with van der Waals surface area (Å²) >= 11 is 0. The molecule has 0 saturated carbocycles. The second-order valence-electron chi connectivity index (χ2n) is 1.76. The van der Waals surface area contributed by atoms with Crippen LogP contribution in [0.25, 0.3) is 0 Å². The van der Waals surface area contributed by atoms with Crippen molar-refractivity contribution in [3.8, 4) is 0 Å². The highest BCUT2D eigenvalue weighted by molar-refractivity contribution is 7.69. The number of hydrogen-bond donors (Lipinski definition) is 3. The fourth-order valence-electron chi connectivity index (χ4n) is 0.324. The molecule has 0 atom stereocenters. The van der Waals surface area contributed by atoms with Crippen molar-refractivity contribution in [2.75, 3.05) is 20.2 Å². The highest BCUT2D eigenvalue weighted by Gasteiger charge is 2.27. The molecule has 0 aromatic rings. The summed E-state index contributed by atoms with van der Waals surface area (Å²) in [6.45, 7) is 0.326. The molecule has 0 aromatic carbocycles. The number of rotatable bonds is 4. The largest absolute Gasteiger partial charge is 0.455 e. The Morgan fingerprint density at radius 1 is 1.64 bits per heavy atom. The Kier molecular flexibility index (Phi) is 4.29. The van der Waals surface area contributed by atoms with Crippen LogP contribution in [-0.2, 0) is 9.30 Å². The first kappa shape index (κ1) is 10.6. The van der Waals surface area contributed by atoms with Crippen LogP contribution in [-0.4, -0.2) is 35.7 Å². The van der Waals surface area contributed by atoms with Gasteiger partial charge in [0.25, 0.3) is 0 Å². The monoisotopic (exact) mass is 183 g/mol. The molecule has 0 spiro atoms. The van der Waals surface area contributed by atoms with Gasteiger partial charge in [0, 0.05) is 6.54 Å². The van der Waals surface area contributed by atoms with E-state index in [0.29, 0.717) is 6.54 Å². The third kappa shape index (κ3) is 4.92. The minimum absolute atomic E-state index is 0.0412. The van der Waals surface area contributed by atoms with Crippen molar-refractivity contribution in [1.29, 1.82) is 0 Å². The number of ether oxygens (including phenoxy) is 1. The summed E-state index contributed by atoms with van der Waals surface area (Å²) in [7, 11) is -3.06. The second kappa shape index (κ2) is 4.46. The maximum absolute atomic E-state index is 10.3. The van der Waals surface area contributed by atoms with E-state index in [4.69, 9.17) is 9.79 Å². The first-order valence-corrected chi connectivity index (χ1v) is 4.47. The van der Waals surface area contributed by atoms with Crippen LogP contribution in [0.4, 0.5) is 4.79 Å². The van der Waals surface area contributed by atoms with Gasteiger partial charge >= 0.3 is 13.3 Å². The normalized spacial score (nSPS) is 11.2. The molecule has 0 aliphatic rings. The average molecular weight is 183 g/mol. The Bertz CT molecular complexity index is 175. The van der Waals surface area contributed by atoms with Crippen molar-refractivity contribution in [1.82, 2.24) is 5.32 Å². The second-order valence-corrected chi connectivity index (χ2v) is 3.22. The lowest BCUT2D eigenvalue weighted by atomic mass is 10.7. The Morgan fingerprint density at radius 3 is 2.55 bits per heavy atom. The standard InChI is InChI=1S/C4H10NO5P/c1-5-2-3-10-4(6)11(7,8)9/h5H,2-3H2,1H3,(H2,7,8,9). The number of nitrogens with one attached hydrogen (secondary N) is 1. The van der Waals surface area contributed by atoms with Crippen LogP contribution in [0.1, 0.15) is 0 Å². The fraction of sp³-hybridized carbons (Fsp3) is 0.750. The molecule has 0 aliphatic carbocycles. The predicted octanol–water partition coefficient (Wildman–Crippen LogP) is -0.480. The van der Waals surface area contributed by atoms with Crippen molar-refractivity contribution in [2.45, 2.75) is 0 Å². The van der Waals surface area contributed by atoms with Gasteiger partial charge in [-0.3, -0.25) is 0 Å². The molecular weight excluding hydrogens is 173 g/mol. The van der Waals surface area contributed by atoms with Crippen LogP contribution in [0.2, 0.25) is 0 Å². The summed E-state index contributed by atoms with van der Waals surface area (Å²) in [6.07, 6.45) is 0. The van der Waals surface area contributed by atoms with Crippen LogP contribution < -0.4 is 5.32 Å². The molecule has 0 amide bonds. The number of carbonyl (C=O) groups is 1. The van der Waals surface area contributed by atoms with E-state index < -0.39 is 13.3 Å². The van der Waals surface area contributed by atoms with E-state index in [0.717, 1.165) is 0 Å². The first-order valence-electron chi connectivity index (χ1n) is 2.86. The third-order valence-electron chi connectivity index (χ3n) is 0.815. The fourth-order valence-corrected chi connectivity index (χ4v) is 0.584. The number of hydrogen-bond acceptors (Lipinski definition) is 4. The topological polar surface area (TPSA) is 95.9 Å². The predicted molar refractivity (Wildman–Crippen MR) is 37.3 cm³/mol. The first-order chi connectivity index (χ1) is 4.98. The lowest BCUT2D eigenvalue weighted by molar-refractivity contribution is 0.164. The SMILES string of the molecule is CNCCOC(=O)P(=O)(O)O. The van der Waals surface area contributed by atoms with E-state index in [1.807, 2.05) is 0 Å². The molecule has 0 saturated heterocycles. The van der Waals surface area contributed by atoms with Crippen molar-refractivity contribution in [2.24, 2.45) is 0 Å². The molecule has 7 heteroatoms. The van der Waals surface area contributed by atoms with Crippen LogP contribution in [0, 0.1) is 0 Å². The van der Waals surface area contributed by atoms with Crippen LogP contribution in [0.5, 0.6) is 0 Å². The van der Waals surface area contributed by atoms with E-state index in [1.54, 1.807) is 7.05 Å². The number of carbonyl (C=O) groups excluding carboxylic acids is 1. The minimum Gasteiger partial charge on any atom is -0.455 e. The van der Waals surface area contributed by atoms with Gasteiger partial charge < -0.3 is 19.8 Å². The summed E-state index contributed by atoms with van der Waals surface area (Å²) in [4.78, 5) is 26.7. The van der Waals surface area contributed by atoms with Gasteiger partial charge in [-0.15, -0.1) is 0 Å². The van der Waals surface area contributed by atoms with Crippen LogP contribution >= 0.6 is 7.60 Å². The Hall–Kier alpha value is -0.420. The zero-order valence-electron chi connectivity index (χ0n) is 5.98. The molecular formula is C4H10NO5P. The molecule has 0 bridgehead atoms.